The fourth-order valence-electron chi connectivity index (χ4n) is 1.83. The summed E-state index contributed by atoms with van der Waals surface area (Å²) in [5.41, 5.74) is 0. The van der Waals surface area contributed by atoms with Gasteiger partial charge in [0.1, 0.15) is 0 Å². The summed E-state index contributed by atoms with van der Waals surface area (Å²) in [7, 11) is -1.60. The first kappa shape index (κ1) is 17.5. The van der Waals surface area contributed by atoms with Crippen LogP contribution in [0.2, 0.25) is 26.2 Å². The van der Waals surface area contributed by atoms with E-state index in [2.05, 4.69) is 33.1 Å². The van der Waals surface area contributed by atoms with Gasteiger partial charge in [0, 0.05) is 6.42 Å². The van der Waals surface area contributed by atoms with Gasteiger partial charge in [-0.05, 0) is 32.6 Å². The predicted molar refractivity (Wildman–Crippen MR) is 82.4 cm³/mol. The summed E-state index contributed by atoms with van der Waals surface area (Å²) in [6.07, 6.45) is 5.82. The van der Waals surface area contributed by atoms with E-state index in [9.17, 15) is 0 Å². The standard InChI is InChI=1S/C11H30O3Si3/c1-6-7-8-9-10-11(12-15,13-16(2)3)14-17(4)5/h16-17H,6-10H2,1-5,15H3. The average Bonchev–Trinajstić information content (AvgIpc) is 2.22. The molecule has 0 spiro atoms. The first-order valence-corrected chi connectivity index (χ1v) is 13.2. The summed E-state index contributed by atoms with van der Waals surface area (Å²) in [6.45, 7) is 10.9. The fourth-order valence-corrected chi connectivity index (χ4v) is 4.70. The molecule has 0 fully saturated rings. The van der Waals surface area contributed by atoms with Gasteiger partial charge < -0.3 is 13.3 Å². The molecular weight excluding hydrogens is 264 g/mol. The molecule has 0 heterocycles. The normalized spacial score (nSPS) is 12.9. The molecule has 0 aliphatic rings. The highest BCUT2D eigenvalue weighted by Crippen LogP contribution is 2.24. The van der Waals surface area contributed by atoms with Gasteiger partial charge >= 0.3 is 0 Å². The lowest BCUT2D eigenvalue weighted by Gasteiger charge is -2.36. The van der Waals surface area contributed by atoms with Crippen LogP contribution in [0.25, 0.3) is 0 Å². The molecule has 0 amide bonds. The predicted octanol–water partition coefficient (Wildman–Crippen LogP) is 1.91. The van der Waals surface area contributed by atoms with Gasteiger partial charge in [-0.2, -0.15) is 0 Å². The quantitative estimate of drug-likeness (QED) is 0.350. The smallest absolute Gasteiger partial charge is 0.253 e. The minimum atomic E-state index is -1.14. The lowest BCUT2D eigenvalue weighted by Crippen LogP contribution is -2.44. The largest absolute Gasteiger partial charge is 0.382 e. The van der Waals surface area contributed by atoms with Gasteiger partial charge in [0.15, 0.2) is 28.6 Å². The van der Waals surface area contributed by atoms with E-state index in [1.54, 1.807) is 0 Å². The Morgan fingerprint density at radius 3 is 1.82 bits per heavy atom. The molecular formula is C11H30O3Si3. The molecule has 0 atom stereocenters. The van der Waals surface area contributed by atoms with Crippen LogP contribution < -0.4 is 0 Å². The van der Waals surface area contributed by atoms with Crippen molar-refractivity contribution < 1.29 is 13.3 Å². The molecule has 6 heteroatoms. The molecule has 17 heavy (non-hydrogen) atoms. The van der Waals surface area contributed by atoms with Crippen LogP contribution in [0.15, 0.2) is 0 Å². The van der Waals surface area contributed by atoms with E-state index < -0.39 is 24.1 Å². The maximum atomic E-state index is 6.04. The SMILES string of the molecule is CCCCCCC(O[SiH3])(O[SiH](C)C)O[SiH](C)C. The Hall–Kier alpha value is 0.531. The maximum absolute atomic E-state index is 6.04. The summed E-state index contributed by atoms with van der Waals surface area (Å²) in [5.74, 6) is -0.680. The molecule has 0 unspecified atom stereocenters. The molecule has 104 valence electrons. The van der Waals surface area contributed by atoms with E-state index in [-0.39, 0.29) is 0 Å². The van der Waals surface area contributed by atoms with Gasteiger partial charge in [-0.3, -0.25) is 0 Å². The molecule has 0 radical (unpaired) electrons. The third kappa shape index (κ3) is 8.28. The highest BCUT2D eigenvalue weighted by Gasteiger charge is 2.32. The van der Waals surface area contributed by atoms with Crippen LogP contribution in [0.4, 0.5) is 0 Å². The molecule has 0 aliphatic carbocycles. The van der Waals surface area contributed by atoms with Crippen LogP contribution in [0.3, 0.4) is 0 Å². The first-order chi connectivity index (χ1) is 7.95. The molecule has 0 saturated heterocycles. The van der Waals surface area contributed by atoms with E-state index in [4.69, 9.17) is 13.3 Å². The zero-order chi connectivity index (χ0) is 13.3. The fraction of sp³-hybridized carbons (Fsp3) is 1.00. The zero-order valence-electron chi connectivity index (χ0n) is 12.4. The number of unbranched alkanes of at least 4 members (excludes halogenated alkanes) is 3. The second kappa shape index (κ2) is 9.46. The van der Waals surface area contributed by atoms with E-state index in [0.717, 1.165) is 12.8 Å². The second-order valence-corrected chi connectivity index (χ2v) is 10.1. The van der Waals surface area contributed by atoms with Crippen LogP contribution in [0, 0.1) is 0 Å². The van der Waals surface area contributed by atoms with Crippen molar-refractivity contribution in [3.8, 4) is 0 Å². The topological polar surface area (TPSA) is 27.7 Å². The van der Waals surface area contributed by atoms with Crippen molar-refractivity contribution in [2.75, 3.05) is 0 Å². The molecule has 0 aliphatic heterocycles. The minimum absolute atomic E-state index is 0.671. The Labute approximate surface area is 113 Å². The molecule has 0 bridgehead atoms. The highest BCUT2D eigenvalue weighted by atomic mass is 28.3. The van der Waals surface area contributed by atoms with E-state index >= 15 is 0 Å². The van der Waals surface area contributed by atoms with Crippen molar-refractivity contribution in [1.29, 1.82) is 0 Å². The molecule has 0 aromatic rings. The second-order valence-electron chi connectivity index (χ2n) is 5.03. The van der Waals surface area contributed by atoms with Crippen molar-refractivity contribution in [3.05, 3.63) is 0 Å². The summed E-state index contributed by atoms with van der Waals surface area (Å²) < 4.78 is 17.8. The Kier molecular flexibility index (Phi) is 9.75. The Balaban J connectivity index is 4.33. The molecule has 3 nitrogen and oxygen atoms in total. The van der Waals surface area contributed by atoms with Crippen LogP contribution in [-0.4, -0.2) is 34.5 Å². The zero-order valence-corrected chi connectivity index (χ0v) is 16.7. The van der Waals surface area contributed by atoms with E-state index in [0.29, 0.717) is 10.5 Å². The maximum Gasteiger partial charge on any atom is 0.253 e. The van der Waals surface area contributed by atoms with Gasteiger partial charge in [0.25, 0.3) is 5.97 Å². The summed E-state index contributed by atoms with van der Waals surface area (Å²) in [4.78, 5) is 0. The average molecular weight is 295 g/mol. The third-order valence-electron chi connectivity index (χ3n) is 2.48. The van der Waals surface area contributed by atoms with Crippen molar-refractivity contribution in [1.82, 2.24) is 0 Å². The summed E-state index contributed by atoms with van der Waals surface area (Å²) in [6, 6.07) is 0. The van der Waals surface area contributed by atoms with Gasteiger partial charge in [-0.15, -0.1) is 0 Å². The molecule has 0 N–H and O–H groups in total. The number of rotatable bonds is 10. The van der Waals surface area contributed by atoms with E-state index in [1.807, 2.05) is 0 Å². The van der Waals surface area contributed by atoms with Crippen LogP contribution in [0.1, 0.15) is 39.0 Å². The van der Waals surface area contributed by atoms with Crippen molar-refractivity contribution in [3.63, 3.8) is 0 Å². The minimum Gasteiger partial charge on any atom is -0.382 e. The van der Waals surface area contributed by atoms with Gasteiger partial charge in [-0.25, -0.2) is 0 Å². The lowest BCUT2D eigenvalue weighted by molar-refractivity contribution is -0.262. The third-order valence-corrected chi connectivity index (χ3v) is 4.76. The van der Waals surface area contributed by atoms with E-state index in [1.165, 1.54) is 19.3 Å². The van der Waals surface area contributed by atoms with Gasteiger partial charge in [0.2, 0.25) is 0 Å². The van der Waals surface area contributed by atoms with Crippen LogP contribution >= 0.6 is 0 Å². The summed E-state index contributed by atoms with van der Waals surface area (Å²) >= 11 is 0. The first-order valence-electron chi connectivity index (χ1n) is 6.86. The van der Waals surface area contributed by atoms with Gasteiger partial charge in [-0.1, -0.05) is 26.2 Å². The van der Waals surface area contributed by atoms with Crippen LogP contribution in [-0.2, 0) is 13.3 Å². The van der Waals surface area contributed by atoms with Crippen molar-refractivity contribution >= 4 is 28.6 Å². The Morgan fingerprint density at radius 2 is 1.47 bits per heavy atom. The lowest BCUT2D eigenvalue weighted by atomic mass is 10.1. The molecule has 0 saturated carbocycles. The van der Waals surface area contributed by atoms with Crippen LogP contribution in [0.5, 0.6) is 0 Å². The number of hydrogen-bond acceptors (Lipinski definition) is 3. The highest BCUT2D eigenvalue weighted by molar-refractivity contribution is 6.49. The monoisotopic (exact) mass is 294 g/mol. The molecule has 0 aromatic heterocycles. The molecule has 0 rings (SSSR count). The van der Waals surface area contributed by atoms with Crippen molar-refractivity contribution in [2.45, 2.75) is 71.2 Å². The number of hydrogen-bond donors (Lipinski definition) is 0. The summed E-state index contributed by atoms with van der Waals surface area (Å²) in [5, 5.41) is 0. The molecule has 0 aromatic carbocycles. The Bertz CT molecular complexity index is 179. The van der Waals surface area contributed by atoms with Gasteiger partial charge in [0.05, 0.1) is 0 Å². The van der Waals surface area contributed by atoms with Crippen molar-refractivity contribution in [2.24, 2.45) is 0 Å². The Morgan fingerprint density at radius 1 is 0.941 bits per heavy atom.